The first-order valence-corrected chi connectivity index (χ1v) is 8.84. The molecule has 0 heterocycles. The van der Waals surface area contributed by atoms with Crippen LogP contribution in [0.4, 0.5) is 0 Å². The van der Waals surface area contributed by atoms with Crippen LogP contribution in [0.3, 0.4) is 0 Å². The molecule has 0 rings (SSSR count). The van der Waals surface area contributed by atoms with E-state index in [4.69, 9.17) is 0 Å². The summed E-state index contributed by atoms with van der Waals surface area (Å²) in [5.74, 6) is 0.123. The number of hydrogen-bond donors (Lipinski definition) is 2. The number of carbonyl (C=O) groups is 1. The van der Waals surface area contributed by atoms with Gasteiger partial charge in [0.15, 0.2) is 0 Å². The quantitative estimate of drug-likeness (QED) is 0.574. The molecule has 1 amide bonds. The minimum atomic E-state index is -0.105. The summed E-state index contributed by atoms with van der Waals surface area (Å²) in [4.78, 5) is 11.9. The van der Waals surface area contributed by atoms with Crippen molar-refractivity contribution in [1.29, 1.82) is 0 Å². The standard InChI is InChI=1S/C15H32N2OS/c1-6-9-10-11-16-14(18)13(4)17-12-15(7-2,8-3)19-5/h13,17H,6-12H2,1-5H3,(H,16,18). The molecule has 4 heteroatoms. The summed E-state index contributed by atoms with van der Waals surface area (Å²) in [6.45, 7) is 10.3. The Balaban J connectivity index is 4.01. The SMILES string of the molecule is CCCCCNC(=O)C(C)NCC(CC)(CC)SC. The van der Waals surface area contributed by atoms with Gasteiger partial charge in [-0.3, -0.25) is 4.79 Å². The monoisotopic (exact) mass is 288 g/mol. The molecule has 0 saturated heterocycles. The van der Waals surface area contributed by atoms with E-state index in [1.807, 2.05) is 18.7 Å². The van der Waals surface area contributed by atoms with Gasteiger partial charge >= 0.3 is 0 Å². The predicted octanol–water partition coefficient (Wildman–Crippen LogP) is 3.19. The third-order valence-corrected chi connectivity index (χ3v) is 5.51. The minimum Gasteiger partial charge on any atom is -0.355 e. The van der Waals surface area contributed by atoms with E-state index in [0.717, 1.165) is 32.4 Å². The molecule has 0 fully saturated rings. The van der Waals surface area contributed by atoms with E-state index < -0.39 is 0 Å². The number of nitrogens with one attached hydrogen (secondary N) is 2. The van der Waals surface area contributed by atoms with Gasteiger partial charge in [0.05, 0.1) is 6.04 Å². The van der Waals surface area contributed by atoms with Crippen LogP contribution in [0.2, 0.25) is 0 Å². The summed E-state index contributed by atoms with van der Waals surface area (Å²) in [5, 5.41) is 6.38. The second kappa shape index (κ2) is 10.6. The third kappa shape index (κ3) is 7.21. The maximum Gasteiger partial charge on any atom is 0.236 e. The largest absolute Gasteiger partial charge is 0.355 e. The summed E-state index contributed by atoms with van der Waals surface area (Å²) in [5.41, 5.74) is 0. The average Bonchev–Trinajstić information content (AvgIpc) is 2.45. The van der Waals surface area contributed by atoms with Crippen molar-refractivity contribution in [3.05, 3.63) is 0 Å². The average molecular weight is 289 g/mol. The van der Waals surface area contributed by atoms with Crippen LogP contribution in [0.1, 0.15) is 59.8 Å². The molecule has 114 valence electrons. The number of thioether (sulfide) groups is 1. The number of amides is 1. The van der Waals surface area contributed by atoms with Crippen LogP contribution in [0.25, 0.3) is 0 Å². The zero-order chi connectivity index (χ0) is 14.7. The second-order valence-corrected chi connectivity index (χ2v) is 6.47. The van der Waals surface area contributed by atoms with Crippen LogP contribution < -0.4 is 10.6 Å². The molecule has 0 spiro atoms. The number of rotatable bonds is 11. The molecule has 0 aromatic carbocycles. The lowest BCUT2D eigenvalue weighted by atomic mass is 10.0. The Morgan fingerprint density at radius 1 is 1.21 bits per heavy atom. The molecule has 0 aliphatic rings. The first-order valence-electron chi connectivity index (χ1n) is 7.61. The Bertz CT molecular complexity index is 234. The van der Waals surface area contributed by atoms with Gasteiger partial charge in [-0.2, -0.15) is 11.8 Å². The van der Waals surface area contributed by atoms with Crippen molar-refractivity contribution in [3.8, 4) is 0 Å². The van der Waals surface area contributed by atoms with Crippen molar-refractivity contribution in [2.75, 3.05) is 19.3 Å². The maximum absolute atomic E-state index is 11.9. The molecule has 0 saturated carbocycles. The second-order valence-electron chi connectivity index (χ2n) is 5.19. The van der Waals surface area contributed by atoms with Gasteiger partial charge in [-0.1, -0.05) is 33.6 Å². The highest BCUT2D eigenvalue weighted by Crippen LogP contribution is 2.29. The van der Waals surface area contributed by atoms with E-state index in [1.54, 1.807) is 0 Å². The molecule has 0 radical (unpaired) electrons. The van der Waals surface area contributed by atoms with Gasteiger partial charge in [0.25, 0.3) is 0 Å². The highest BCUT2D eigenvalue weighted by Gasteiger charge is 2.26. The molecular weight excluding hydrogens is 256 g/mol. The van der Waals surface area contributed by atoms with Crippen LogP contribution in [0.15, 0.2) is 0 Å². The fourth-order valence-corrected chi connectivity index (χ4v) is 2.84. The highest BCUT2D eigenvalue weighted by molar-refractivity contribution is 8.00. The zero-order valence-corrected chi connectivity index (χ0v) is 14.2. The van der Waals surface area contributed by atoms with E-state index in [-0.39, 0.29) is 16.7 Å². The van der Waals surface area contributed by atoms with Gasteiger partial charge < -0.3 is 10.6 Å². The Morgan fingerprint density at radius 3 is 2.32 bits per heavy atom. The number of unbranched alkanes of at least 4 members (excludes halogenated alkanes) is 2. The Morgan fingerprint density at radius 2 is 1.84 bits per heavy atom. The molecule has 0 aromatic rings. The Kier molecular flexibility index (Phi) is 10.4. The Labute approximate surface area is 123 Å². The molecule has 1 atom stereocenters. The van der Waals surface area contributed by atoms with Crippen LogP contribution in [-0.4, -0.2) is 36.0 Å². The first kappa shape index (κ1) is 18.8. The molecule has 0 bridgehead atoms. The van der Waals surface area contributed by atoms with Gasteiger partial charge in [-0.15, -0.1) is 0 Å². The van der Waals surface area contributed by atoms with Gasteiger partial charge in [0, 0.05) is 17.8 Å². The first-order chi connectivity index (χ1) is 9.05. The third-order valence-electron chi connectivity index (χ3n) is 3.92. The smallest absolute Gasteiger partial charge is 0.236 e. The summed E-state index contributed by atoms with van der Waals surface area (Å²) in [7, 11) is 0. The molecular formula is C15H32N2OS. The van der Waals surface area contributed by atoms with Crippen LogP contribution in [0.5, 0.6) is 0 Å². The fraction of sp³-hybridized carbons (Fsp3) is 0.933. The lowest BCUT2D eigenvalue weighted by Crippen LogP contribution is -2.47. The summed E-state index contributed by atoms with van der Waals surface area (Å²) in [6.07, 6.45) is 7.86. The van der Waals surface area contributed by atoms with Crippen molar-refractivity contribution in [2.45, 2.75) is 70.6 Å². The van der Waals surface area contributed by atoms with Crippen molar-refractivity contribution < 1.29 is 4.79 Å². The number of carbonyl (C=O) groups excluding carboxylic acids is 1. The van der Waals surface area contributed by atoms with E-state index >= 15 is 0 Å². The van der Waals surface area contributed by atoms with Gasteiger partial charge in [-0.05, 0) is 32.4 Å². The summed E-state index contributed by atoms with van der Waals surface area (Å²) in [6, 6.07) is -0.105. The Hall–Kier alpha value is -0.220. The van der Waals surface area contributed by atoms with Gasteiger partial charge in [0.2, 0.25) is 5.91 Å². The lowest BCUT2D eigenvalue weighted by molar-refractivity contribution is -0.122. The molecule has 0 aromatic heterocycles. The van der Waals surface area contributed by atoms with Crippen molar-refractivity contribution >= 4 is 17.7 Å². The normalized spacial score (nSPS) is 13.3. The molecule has 2 N–H and O–H groups in total. The van der Waals surface area contributed by atoms with E-state index in [2.05, 4.69) is 37.7 Å². The van der Waals surface area contributed by atoms with E-state index in [9.17, 15) is 4.79 Å². The zero-order valence-electron chi connectivity index (χ0n) is 13.3. The van der Waals surface area contributed by atoms with Crippen molar-refractivity contribution in [2.24, 2.45) is 0 Å². The topological polar surface area (TPSA) is 41.1 Å². The fourth-order valence-electron chi connectivity index (χ4n) is 2.03. The molecule has 19 heavy (non-hydrogen) atoms. The van der Waals surface area contributed by atoms with Crippen LogP contribution >= 0.6 is 11.8 Å². The molecule has 1 unspecified atom stereocenters. The van der Waals surface area contributed by atoms with E-state index in [0.29, 0.717) is 0 Å². The van der Waals surface area contributed by atoms with Gasteiger partial charge in [0.1, 0.15) is 0 Å². The molecule has 0 aliphatic heterocycles. The molecule has 3 nitrogen and oxygen atoms in total. The molecule has 0 aliphatic carbocycles. The van der Waals surface area contributed by atoms with Crippen LogP contribution in [0, 0.1) is 0 Å². The van der Waals surface area contributed by atoms with E-state index in [1.165, 1.54) is 12.8 Å². The summed E-state index contributed by atoms with van der Waals surface area (Å²) < 4.78 is 0.261. The minimum absolute atomic E-state index is 0.105. The van der Waals surface area contributed by atoms with Crippen molar-refractivity contribution in [3.63, 3.8) is 0 Å². The maximum atomic E-state index is 11.9. The summed E-state index contributed by atoms with van der Waals surface area (Å²) >= 11 is 1.90. The highest BCUT2D eigenvalue weighted by atomic mass is 32.2. The van der Waals surface area contributed by atoms with Crippen molar-refractivity contribution in [1.82, 2.24) is 10.6 Å². The van der Waals surface area contributed by atoms with Gasteiger partial charge in [-0.25, -0.2) is 0 Å². The van der Waals surface area contributed by atoms with Crippen LogP contribution in [-0.2, 0) is 4.79 Å². The predicted molar refractivity (Wildman–Crippen MR) is 86.8 cm³/mol. The lowest BCUT2D eigenvalue weighted by Gasteiger charge is -2.31. The number of hydrogen-bond acceptors (Lipinski definition) is 3.